The molecule has 1 saturated carbocycles. The molecule has 3 aliphatic rings. The van der Waals surface area contributed by atoms with Gasteiger partial charge in [-0.2, -0.15) is 0 Å². The molecule has 102 valence electrons. The number of allylic oxidation sites excluding steroid dienone is 2. The minimum atomic E-state index is -0.0806. The Labute approximate surface area is 118 Å². The molecule has 3 nitrogen and oxygen atoms in total. The molecule has 20 heavy (non-hydrogen) atoms. The van der Waals surface area contributed by atoms with Crippen molar-refractivity contribution in [1.29, 1.82) is 0 Å². The molecular weight excluding hydrogens is 250 g/mol. The van der Waals surface area contributed by atoms with Crippen molar-refractivity contribution in [3.05, 3.63) is 47.5 Å². The average Bonchev–Trinajstić information content (AvgIpc) is 3.11. The van der Waals surface area contributed by atoms with Gasteiger partial charge in [0, 0.05) is 0 Å². The van der Waals surface area contributed by atoms with Gasteiger partial charge < -0.3 is 0 Å². The highest BCUT2D eigenvalue weighted by Crippen LogP contribution is 2.52. The minimum absolute atomic E-state index is 0.0393. The second-order valence-corrected chi connectivity index (χ2v) is 6.25. The number of hydrogen-bond acceptors (Lipinski definition) is 2. The third-order valence-corrected chi connectivity index (χ3v) is 5.02. The van der Waals surface area contributed by atoms with Crippen molar-refractivity contribution in [3.8, 4) is 0 Å². The van der Waals surface area contributed by atoms with Gasteiger partial charge in [-0.3, -0.25) is 14.5 Å². The fraction of sp³-hybridized carbons (Fsp3) is 0.412. The molecule has 2 amide bonds. The lowest BCUT2D eigenvalue weighted by Crippen LogP contribution is -2.32. The molecule has 4 rings (SSSR count). The van der Waals surface area contributed by atoms with E-state index in [9.17, 15) is 9.59 Å². The van der Waals surface area contributed by atoms with Crippen LogP contribution in [-0.2, 0) is 16.1 Å². The SMILES string of the molecule is Cc1ccc(CN2C(=O)[C@@H]3[C@H](C2=O)[C@@H]2C=C[C@H]3C2)cc1. The Morgan fingerprint density at radius 1 is 1.00 bits per heavy atom. The Bertz CT molecular complexity index is 586. The van der Waals surface area contributed by atoms with Crippen LogP contribution in [0.1, 0.15) is 17.5 Å². The van der Waals surface area contributed by atoms with Gasteiger partial charge in [0.2, 0.25) is 11.8 Å². The summed E-state index contributed by atoms with van der Waals surface area (Å²) in [7, 11) is 0. The molecule has 1 heterocycles. The van der Waals surface area contributed by atoms with Crippen LogP contribution >= 0.6 is 0 Å². The monoisotopic (exact) mass is 267 g/mol. The molecular formula is C17H17NO2. The number of carbonyl (C=O) groups excluding carboxylic acids is 2. The lowest BCUT2D eigenvalue weighted by molar-refractivity contribution is -0.141. The third-order valence-electron chi connectivity index (χ3n) is 5.02. The van der Waals surface area contributed by atoms with Crippen molar-refractivity contribution in [2.45, 2.75) is 19.9 Å². The Hall–Kier alpha value is -1.90. The topological polar surface area (TPSA) is 37.4 Å². The maximum absolute atomic E-state index is 12.5. The number of fused-ring (bicyclic) bond motifs is 5. The number of carbonyl (C=O) groups is 2. The predicted octanol–water partition coefficient (Wildman–Crippen LogP) is 2.30. The van der Waals surface area contributed by atoms with Crippen LogP contribution < -0.4 is 0 Å². The average molecular weight is 267 g/mol. The van der Waals surface area contributed by atoms with Gasteiger partial charge in [-0.15, -0.1) is 0 Å². The van der Waals surface area contributed by atoms with Crippen LogP contribution in [0, 0.1) is 30.6 Å². The number of rotatable bonds is 2. The molecule has 0 N–H and O–H groups in total. The smallest absolute Gasteiger partial charge is 0.234 e. The van der Waals surface area contributed by atoms with E-state index in [1.165, 1.54) is 10.5 Å². The molecule has 0 unspecified atom stereocenters. The molecule has 3 heteroatoms. The summed E-state index contributed by atoms with van der Waals surface area (Å²) in [5.74, 6) is 0.509. The molecule has 0 spiro atoms. The first kappa shape index (κ1) is 11.9. The van der Waals surface area contributed by atoms with Gasteiger partial charge in [0.25, 0.3) is 0 Å². The highest BCUT2D eigenvalue weighted by Gasteiger charge is 2.59. The Kier molecular flexibility index (Phi) is 2.40. The maximum atomic E-state index is 12.5. The summed E-state index contributed by atoms with van der Waals surface area (Å²) in [6.45, 7) is 2.45. The van der Waals surface area contributed by atoms with E-state index in [1.807, 2.05) is 31.2 Å². The highest BCUT2D eigenvalue weighted by molar-refractivity contribution is 6.06. The zero-order valence-electron chi connectivity index (χ0n) is 11.5. The number of aryl methyl sites for hydroxylation is 1. The zero-order valence-corrected chi connectivity index (χ0v) is 11.5. The Balaban J connectivity index is 1.60. The lowest BCUT2D eigenvalue weighted by atomic mass is 9.85. The second kappa shape index (κ2) is 4.05. The van der Waals surface area contributed by atoms with Gasteiger partial charge in [-0.05, 0) is 30.7 Å². The Morgan fingerprint density at radius 3 is 2.10 bits per heavy atom. The maximum Gasteiger partial charge on any atom is 0.234 e. The molecule has 1 aromatic carbocycles. The van der Waals surface area contributed by atoms with E-state index in [-0.39, 0.29) is 23.7 Å². The summed E-state index contributed by atoms with van der Waals surface area (Å²) < 4.78 is 0. The van der Waals surface area contributed by atoms with Crippen LogP contribution in [0.5, 0.6) is 0 Å². The standard InChI is InChI=1S/C17H17NO2/c1-10-2-4-11(5-3-10)9-18-16(19)14-12-6-7-13(8-12)15(14)17(18)20/h2-7,12-15H,8-9H2,1H3/t12-,13+,14-,15+. The van der Waals surface area contributed by atoms with E-state index in [0.717, 1.165) is 12.0 Å². The van der Waals surface area contributed by atoms with Crippen molar-refractivity contribution >= 4 is 11.8 Å². The number of amides is 2. The van der Waals surface area contributed by atoms with Gasteiger partial charge in [-0.25, -0.2) is 0 Å². The predicted molar refractivity (Wildman–Crippen MR) is 74.5 cm³/mol. The summed E-state index contributed by atoms with van der Waals surface area (Å²) in [4.78, 5) is 26.5. The summed E-state index contributed by atoms with van der Waals surface area (Å²) >= 11 is 0. The van der Waals surface area contributed by atoms with E-state index < -0.39 is 0 Å². The minimum Gasteiger partial charge on any atom is -0.278 e. The number of nitrogens with zero attached hydrogens (tertiary/aromatic N) is 1. The van der Waals surface area contributed by atoms with Gasteiger partial charge in [0.05, 0.1) is 18.4 Å². The van der Waals surface area contributed by atoms with Crippen molar-refractivity contribution in [3.63, 3.8) is 0 Å². The van der Waals surface area contributed by atoms with Crippen LogP contribution in [0.4, 0.5) is 0 Å². The zero-order chi connectivity index (χ0) is 13.9. The van der Waals surface area contributed by atoms with Crippen molar-refractivity contribution in [2.75, 3.05) is 0 Å². The number of benzene rings is 1. The van der Waals surface area contributed by atoms with Crippen molar-refractivity contribution in [2.24, 2.45) is 23.7 Å². The van der Waals surface area contributed by atoms with E-state index in [2.05, 4.69) is 12.2 Å². The quantitative estimate of drug-likeness (QED) is 0.609. The van der Waals surface area contributed by atoms with Crippen molar-refractivity contribution < 1.29 is 9.59 Å². The molecule has 1 aromatic rings. The van der Waals surface area contributed by atoms with Crippen LogP contribution in [0.3, 0.4) is 0 Å². The van der Waals surface area contributed by atoms with Gasteiger partial charge in [0.1, 0.15) is 0 Å². The summed E-state index contributed by atoms with van der Waals surface area (Å²) in [6, 6.07) is 8.03. The molecule has 0 aromatic heterocycles. The van der Waals surface area contributed by atoms with Crippen LogP contribution in [0.15, 0.2) is 36.4 Å². The first-order valence-corrected chi connectivity index (χ1v) is 7.24. The van der Waals surface area contributed by atoms with Crippen LogP contribution in [-0.4, -0.2) is 16.7 Å². The summed E-state index contributed by atoms with van der Waals surface area (Å²) in [6.07, 6.45) is 5.25. The second-order valence-electron chi connectivity index (χ2n) is 6.25. The van der Waals surface area contributed by atoms with Gasteiger partial charge >= 0.3 is 0 Å². The van der Waals surface area contributed by atoms with Gasteiger partial charge in [0.15, 0.2) is 0 Å². The molecule has 0 radical (unpaired) electrons. The number of likely N-dealkylation sites (tertiary alicyclic amines) is 1. The fourth-order valence-corrected chi connectivity index (χ4v) is 4.00. The number of hydrogen-bond donors (Lipinski definition) is 0. The van der Waals surface area contributed by atoms with E-state index in [0.29, 0.717) is 18.4 Å². The fourth-order valence-electron chi connectivity index (χ4n) is 4.00. The summed E-state index contributed by atoms with van der Waals surface area (Å²) in [5, 5.41) is 0. The molecule has 1 aliphatic heterocycles. The first-order chi connectivity index (χ1) is 9.65. The Morgan fingerprint density at radius 2 is 1.55 bits per heavy atom. The lowest BCUT2D eigenvalue weighted by Gasteiger charge is -2.17. The molecule has 2 bridgehead atoms. The molecule has 2 fully saturated rings. The normalized spacial score (nSPS) is 34.1. The molecule has 2 aliphatic carbocycles. The van der Waals surface area contributed by atoms with Crippen LogP contribution in [0.25, 0.3) is 0 Å². The van der Waals surface area contributed by atoms with Crippen molar-refractivity contribution in [1.82, 2.24) is 4.90 Å². The van der Waals surface area contributed by atoms with Gasteiger partial charge in [-0.1, -0.05) is 42.0 Å². The number of imide groups is 1. The first-order valence-electron chi connectivity index (χ1n) is 7.24. The molecule has 4 atom stereocenters. The van der Waals surface area contributed by atoms with E-state index in [1.54, 1.807) is 0 Å². The summed E-state index contributed by atoms with van der Waals surface area (Å²) in [5.41, 5.74) is 2.21. The van der Waals surface area contributed by atoms with E-state index >= 15 is 0 Å². The van der Waals surface area contributed by atoms with Crippen LogP contribution in [0.2, 0.25) is 0 Å². The van der Waals surface area contributed by atoms with E-state index in [4.69, 9.17) is 0 Å². The largest absolute Gasteiger partial charge is 0.278 e. The third kappa shape index (κ3) is 1.52. The molecule has 1 saturated heterocycles. The highest BCUT2D eigenvalue weighted by atomic mass is 16.2.